The SMILES string of the molecule is CCCC(N)C(=O)[C@@H](O)[C@H](O)[C@H](O)CO. The largest absolute Gasteiger partial charge is 0.394 e. The normalized spacial score (nSPS) is 19.3. The lowest BCUT2D eigenvalue weighted by Crippen LogP contribution is -2.49. The first-order chi connectivity index (χ1) is 6.95. The van der Waals surface area contributed by atoms with Crippen LogP contribution in [-0.2, 0) is 4.79 Å². The number of Topliss-reactive ketones (excluding diaryl/α,β-unsaturated/α-hetero) is 1. The molecule has 0 amide bonds. The first-order valence-electron chi connectivity index (χ1n) is 4.90. The topological polar surface area (TPSA) is 124 Å². The van der Waals surface area contributed by atoms with Crippen LogP contribution in [0.2, 0.25) is 0 Å². The molecule has 6 heteroatoms. The number of aliphatic hydroxyl groups is 4. The van der Waals surface area contributed by atoms with Crippen molar-refractivity contribution in [2.45, 2.75) is 44.1 Å². The Labute approximate surface area is 88.3 Å². The van der Waals surface area contributed by atoms with Gasteiger partial charge in [0.15, 0.2) is 5.78 Å². The van der Waals surface area contributed by atoms with Crippen molar-refractivity contribution in [3.63, 3.8) is 0 Å². The Kier molecular flexibility index (Phi) is 6.62. The van der Waals surface area contributed by atoms with Crippen molar-refractivity contribution in [3.8, 4) is 0 Å². The van der Waals surface area contributed by atoms with Gasteiger partial charge < -0.3 is 26.2 Å². The van der Waals surface area contributed by atoms with E-state index in [1.54, 1.807) is 0 Å². The first-order valence-corrected chi connectivity index (χ1v) is 4.90. The molecule has 0 rings (SSSR count). The van der Waals surface area contributed by atoms with E-state index in [9.17, 15) is 15.0 Å². The van der Waals surface area contributed by atoms with Crippen LogP contribution in [0.15, 0.2) is 0 Å². The van der Waals surface area contributed by atoms with Gasteiger partial charge in [-0.15, -0.1) is 0 Å². The zero-order valence-corrected chi connectivity index (χ0v) is 8.71. The summed E-state index contributed by atoms with van der Waals surface area (Å²) in [5.74, 6) is -0.725. The molecule has 0 heterocycles. The molecule has 0 radical (unpaired) electrons. The van der Waals surface area contributed by atoms with E-state index < -0.39 is 36.7 Å². The van der Waals surface area contributed by atoms with Crippen molar-refractivity contribution in [1.82, 2.24) is 0 Å². The van der Waals surface area contributed by atoms with Crippen LogP contribution in [0.25, 0.3) is 0 Å². The van der Waals surface area contributed by atoms with Gasteiger partial charge in [-0.2, -0.15) is 0 Å². The molecule has 6 nitrogen and oxygen atoms in total. The van der Waals surface area contributed by atoms with Gasteiger partial charge >= 0.3 is 0 Å². The van der Waals surface area contributed by atoms with Gasteiger partial charge in [-0.05, 0) is 6.42 Å². The Hall–Kier alpha value is -0.530. The fraction of sp³-hybridized carbons (Fsp3) is 0.889. The number of carbonyl (C=O) groups excluding carboxylic acids is 1. The summed E-state index contributed by atoms with van der Waals surface area (Å²) in [4.78, 5) is 11.4. The van der Waals surface area contributed by atoms with Crippen molar-refractivity contribution in [1.29, 1.82) is 0 Å². The van der Waals surface area contributed by atoms with Crippen LogP contribution < -0.4 is 5.73 Å². The molecular formula is C9H19NO5. The Morgan fingerprint density at radius 3 is 2.27 bits per heavy atom. The standard InChI is InChI=1S/C9H19NO5/c1-2-3-5(10)7(13)9(15)8(14)6(12)4-11/h5-6,8-9,11-12,14-15H,2-4,10H2,1H3/t5?,6-,8-,9-/m1/s1. The molecule has 90 valence electrons. The average molecular weight is 221 g/mol. The third-order valence-electron chi connectivity index (χ3n) is 2.16. The van der Waals surface area contributed by atoms with E-state index in [4.69, 9.17) is 15.9 Å². The number of aliphatic hydroxyl groups excluding tert-OH is 4. The summed E-state index contributed by atoms with van der Waals surface area (Å²) >= 11 is 0. The summed E-state index contributed by atoms with van der Waals surface area (Å²) < 4.78 is 0. The Morgan fingerprint density at radius 2 is 1.87 bits per heavy atom. The molecule has 0 aliphatic carbocycles. The fourth-order valence-electron chi connectivity index (χ4n) is 1.16. The number of hydrogen-bond acceptors (Lipinski definition) is 6. The highest BCUT2D eigenvalue weighted by molar-refractivity contribution is 5.88. The summed E-state index contributed by atoms with van der Waals surface area (Å²) in [5.41, 5.74) is 5.44. The van der Waals surface area contributed by atoms with Gasteiger partial charge in [0, 0.05) is 0 Å². The predicted octanol–water partition coefficient (Wildman–Crippen LogP) is -2.24. The second-order valence-corrected chi connectivity index (χ2v) is 3.48. The molecular weight excluding hydrogens is 202 g/mol. The number of hydrogen-bond donors (Lipinski definition) is 5. The third kappa shape index (κ3) is 4.23. The van der Waals surface area contributed by atoms with Crippen LogP contribution in [0.1, 0.15) is 19.8 Å². The zero-order chi connectivity index (χ0) is 12.0. The molecule has 1 unspecified atom stereocenters. The smallest absolute Gasteiger partial charge is 0.180 e. The number of ketones is 1. The molecule has 6 N–H and O–H groups in total. The minimum atomic E-state index is -1.76. The van der Waals surface area contributed by atoms with Crippen molar-refractivity contribution in [2.24, 2.45) is 5.73 Å². The average Bonchev–Trinajstić information content (AvgIpc) is 2.25. The van der Waals surface area contributed by atoms with Gasteiger partial charge in [-0.1, -0.05) is 13.3 Å². The second-order valence-electron chi connectivity index (χ2n) is 3.48. The summed E-state index contributed by atoms with van der Waals surface area (Å²) in [5, 5.41) is 36.1. The van der Waals surface area contributed by atoms with Crippen LogP contribution in [0, 0.1) is 0 Å². The van der Waals surface area contributed by atoms with Crippen LogP contribution in [-0.4, -0.2) is 57.2 Å². The van der Waals surface area contributed by atoms with Crippen LogP contribution in [0.4, 0.5) is 0 Å². The van der Waals surface area contributed by atoms with E-state index in [1.165, 1.54) is 0 Å². The summed E-state index contributed by atoms with van der Waals surface area (Å²) in [6, 6.07) is -0.856. The van der Waals surface area contributed by atoms with Crippen molar-refractivity contribution >= 4 is 5.78 Å². The minimum absolute atomic E-state index is 0.401. The zero-order valence-electron chi connectivity index (χ0n) is 8.71. The lowest BCUT2D eigenvalue weighted by Gasteiger charge is -2.22. The van der Waals surface area contributed by atoms with E-state index in [-0.39, 0.29) is 0 Å². The molecule has 0 aromatic rings. The van der Waals surface area contributed by atoms with Gasteiger partial charge in [-0.25, -0.2) is 0 Å². The van der Waals surface area contributed by atoms with E-state index in [1.807, 2.05) is 6.92 Å². The second kappa shape index (κ2) is 6.86. The van der Waals surface area contributed by atoms with E-state index in [0.29, 0.717) is 12.8 Å². The van der Waals surface area contributed by atoms with Crippen molar-refractivity contribution < 1.29 is 25.2 Å². The lowest BCUT2D eigenvalue weighted by atomic mass is 9.97. The highest BCUT2D eigenvalue weighted by Gasteiger charge is 2.32. The summed E-state index contributed by atoms with van der Waals surface area (Å²) in [6.45, 7) is 1.10. The van der Waals surface area contributed by atoms with E-state index >= 15 is 0 Å². The Morgan fingerprint density at radius 1 is 1.33 bits per heavy atom. The van der Waals surface area contributed by atoms with Crippen LogP contribution >= 0.6 is 0 Å². The summed E-state index contributed by atoms with van der Waals surface area (Å²) in [7, 11) is 0. The third-order valence-corrected chi connectivity index (χ3v) is 2.16. The minimum Gasteiger partial charge on any atom is -0.394 e. The molecule has 0 bridgehead atoms. The number of nitrogens with two attached hydrogens (primary N) is 1. The first kappa shape index (κ1) is 14.5. The Balaban J connectivity index is 4.30. The molecule has 0 aromatic heterocycles. The van der Waals surface area contributed by atoms with Crippen LogP contribution in [0.5, 0.6) is 0 Å². The van der Waals surface area contributed by atoms with Gasteiger partial charge in [0.1, 0.15) is 18.3 Å². The lowest BCUT2D eigenvalue weighted by molar-refractivity contribution is -0.141. The molecule has 0 fully saturated rings. The molecule has 0 saturated carbocycles. The number of carbonyl (C=O) groups is 1. The fourth-order valence-corrected chi connectivity index (χ4v) is 1.16. The van der Waals surface area contributed by atoms with Crippen LogP contribution in [0.3, 0.4) is 0 Å². The predicted molar refractivity (Wildman–Crippen MR) is 53.0 cm³/mol. The molecule has 0 aromatic carbocycles. The number of rotatable bonds is 7. The molecule has 0 aliphatic heterocycles. The quantitative estimate of drug-likeness (QED) is 0.331. The molecule has 0 saturated heterocycles. The van der Waals surface area contributed by atoms with Gasteiger partial charge in [-0.3, -0.25) is 4.79 Å². The highest BCUT2D eigenvalue weighted by Crippen LogP contribution is 2.05. The van der Waals surface area contributed by atoms with Crippen molar-refractivity contribution in [2.75, 3.05) is 6.61 Å². The van der Waals surface area contributed by atoms with Gasteiger partial charge in [0.05, 0.1) is 12.6 Å². The van der Waals surface area contributed by atoms with E-state index in [0.717, 1.165) is 0 Å². The van der Waals surface area contributed by atoms with Gasteiger partial charge in [0.2, 0.25) is 0 Å². The maximum absolute atomic E-state index is 11.4. The summed E-state index contributed by atoms with van der Waals surface area (Å²) in [6.07, 6.45) is -3.92. The maximum Gasteiger partial charge on any atom is 0.180 e. The van der Waals surface area contributed by atoms with E-state index in [2.05, 4.69) is 0 Å². The molecule has 0 spiro atoms. The highest BCUT2D eigenvalue weighted by atomic mass is 16.4. The molecule has 15 heavy (non-hydrogen) atoms. The monoisotopic (exact) mass is 221 g/mol. The van der Waals surface area contributed by atoms with Gasteiger partial charge in [0.25, 0.3) is 0 Å². The maximum atomic E-state index is 11.4. The van der Waals surface area contributed by atoms with Crippen molar-refractivity contribution in [3.05, 3.63) is 0 Å². The Bertz CT molecular complexity index is 199. The molecule has 4 atom stereocenters. The molecule has 0 aliphatic rings.